The molecule has 0 amide bonds. The lowest BCUT2D eigenvalue weighted by atomic mass is 9.69. The van der Waals surface area contributed by atoms with Crippen molar-refractivity contribution in [2.75, 3.05) is 6.61 Å². The average molecular weight is 497 g/mol. The highest BCUT2D eigenvalue weighted by Gasteiger charge is 2.43. The zero-order chi connectivity index (χ0) is 26.5. The number of aliphatic hydroxyl groups is 2. The molecule has 5 heteroatoms. The zero-order valence-electron chi connectivity index (χ0n) is 22.6. The van der Waals surface area contributed by atoms with Crippen LogP contribution < -0.4 is 4.74 Å². The molecule has 36 heavy (non-hydrogen) atoms. The molecule has 0 heterocycles. The molecule has 2 aromatic carbocycles. The van der Waals surface area contributed by atoms with Gasteiger partial charge in [0.15, 0.2) is 0 Å². The standard InChI is InChI=1S/C31H44O5/c1-6-31(7-2,24-10-8-23(21(3)18-24)9-14-28(33)30(5)16-17-30)25-11-13-27(22(4)19-25)36-20-26(32)12-15-29(34)35/h8,10-11,13,18-19,26,28,32-33H,6-7,9,12,14-17,20H2,1-5H3,(H,34,35)/t26-,28?/m1/s1. The van der Waals surface area contributed by atoms with Gasteiger partial charge >= 0.3 is 5.97 Å². The Balaban J connectivity index is 1.75. The Hall–Kier alpha value is -2.37. The predicted molar refractivity (Wildman–Crippen MR) is 144 cm³/mol. The fourth-order valence-electron chi connectivity index (χ4n) is 5.35. The van der Waals surface area contributed by atoms with E-state index in [0.717, 1.165) is 44.1 Å². The summed E-state index contributed by atoms with van der Waals surface area (Å²) in [6, 6.07) is 13.1. The maximum Gasteiger partial charge on any atom is 0.303 e. The first-order valence-electron chi connectivity index (χ1n) is 13.5. The molecule has 1 saturated carbocycles. The largest absolute Gasteiger partial charge is 0.491 e. The van der Waals surface area contributed by atoms with Crippen LogP contribution >= 0.6 is 0 Å². The van der Waals surface area contributed by atoms with Crippen LogP contribution in [0, 0.1) is 19.3 Å². The van der Waals surface area contributed by atoms with E-state index in [0.29, 0.717) is 5.75 Å². The number of rotatable bonds is 14. The second-order valence-corrected chi connectivity index (χ2v) is 11.0. The monoisotopic (exact) mass is 496 g/mol. The molecule has 198 valence electrons. The molecule has 2 aromatic rings. The number of aliphatic carboxylic acids is 1. The molecule has 2 atom stereocenters. The molecule has 3 rings (SSSR count). The van der Waals surface area contributed by atoms with Gasteiger partial charge in [-0.3, -0.25) is 4.79 Å². The number of carboxylic acids is 1. The summed E-state index contributed by atoms with van der Waals surface area (Å²) in [4.78, 5) is 10.7. The molecule has 3 N–H and O–H groups in total. The molecule has 0 saturated heterocycles. The maximum absolute atomic E-state index is 10.7. The van der Waals surface area contributed by atoms with E-state index in [1.165, 1.54) is 22.3 Å². The van der Waals surface area contributed by atoms with Crippen molar-refractivity contribution in [1.29, 1.82) is 0 Å². The quantitative estimate of drug-likeness (QED) is 0.294. The van der Waals surface area contributed by atoms with E-state index >= 15 is 0 Å². The van der Waals surface area contributed by atoms with Crippen molar-refractivity contribution in [2.24, 2.45) is 5.41 Å². The van der Waals surface area contributed by atoms with Crippen LogP contribution in [0.1, 0.15) is 93.5 Å². The summed E-state index contributed by atoms with van der Waals surface area (Å²) >= 11 is 0. The first kappa shape index (κ1) is 28.2. The molecule has 5 nitrogen and oxygen atoms in total. The fourth-order valence-corrected chi connectivity index (χ4v) is 5.35. The Morgan fingerprint density at radius 2 is 1.61 bits per heavy atom. The van der Waals surface area contributed by atoms with E-state index in [1.807, 2.05) is 13.0 Å². The Labute approximate surface area is 216 Å². The number of carbonyl (C=O) groups is 1. The molecule has 1 unspecified atom stereocenters. The van der Waals surface area contributed by atoms with E-state index in [1.54, 1.807) is 0 Å². The molecule has 1 fully saturated rings. The van der Waals surface area contributed by atoms with Crippen LogP contribution in [0.4, 0.5) is 0 Å². The minimum Gasteiger partial charge on any atom is -0.491 e. The van der Waals surface area contributed by atoms with E-state index in [4.69, 9.17) is 9.84 Å². The molecular formula is C31H44O5. The minimum absolute atomic E-state index is 0.0733. The van der Waals surface area contributed by atoms with E-state index in [9.17, 15) is 15.0 Å². The lowest BCUT2D eigenvalue weighted by Crippen LogP contribution is -2.26. The zero-order valence-corrected chi connectivity index (χ0v) is 22.6. The Kier molecular flexibility index (Phi) is 9.23. The van der Waals surface area contributed by atoms with Crippen LogP contribution in [0.5, 0.6) is 5.75 Å². The van der Waals surface area contributed by atoms with Crippen LogP contribution in [-0.2, 0) is 16.6 Å². The van der Waals surface area contributed by atoms with Crippen LogP contribution in [-0.4, -0.2) is 40.1 Å². The molecule has 0 aromatic heterocycles. The number of benzene rings is 2. The normalized spacial score (nSPS) is 16.4. The number of ether oxygens (including phenoxy) is 1. The van der Waals surface area contributed by atoms with Crippen molar-refractivity contribution in [3.05, 3.63) is 64.2 Å². The number of carboxylic acid groups (broad SMARTS) is 1. The van der Waals surface area contributed by atoms with Crippen LogP contribution in [0.15, 0.2) is 36.4 Å². The fraction of sp³-hybridized carbons (Fsp3) is 0.581. The van der Waals surface area contributed by atoms with Gasteiger partial charge in [-0.2, -0.15) is 0 Å². The van der Waals surface area contributed by atoms with Gasteiger partial charge in [0.2, 0.25) is 0 Å². The molecule has 0 bridgehead atoms. The van der Waals surface area contributed by atoms with Crippen molar-refractivity contribution in [1.82, 2.24) is 0 Å². The first-order valence-corrected chi connectivity index (χ1v) is 13.5. The van der Waals surface area contributed by atoms with Gasteiger partial charge in [-0.15, -0.1) is 0 Å². The molecule has 1 aliphatic carbocycles. The predicted octanol–water partition coefficient (Wildman–Crippen LogP) is 6.11. The van der Waals surface area contributed by atoms with Gasteiger partial charge in [0.1, 0.15) is 12.4 Å². The molecule has 1 aliphatic rings. The maximum atomic E-state index is 10.7. The Morgan fingerprint density at radius 1 is 1.00 bits per heavy atom. The third-order valence-electron chi connectivity index (χ3n) is 8.48. The van der Waals surface area contributed by atoms with Gasteiger partial charge in [-0.1, -0.05) is 51.1 Å². The van der Waals surface area contributed by atoms with Crippen LogP contribution in [0.3, 0.4) is 0 Å². The van der Waals surface area contributed by atoms with E-state index in [-0.39, 0.29) is 36.4 Å². The summed E-state index contributed by atoms with van der Waals surface area (Å²) < 4.78 is 5.82. The van der Waals surface area contributed by atoms with Crippen LogP contribution in [0.25, 0.3) is 0 Å². The SMILES string of the molecule is CCC(CC)(c1ccc(CCC(O)C2(C)CC2)c(C)c1)c1ccc(OC[C@H](O)CCC(=O)O)c(C)c1. The summed E-state index contributed by atoms with van der Waals surface area (Å²) in [5.41, 5.74) is 6.16. The van der Waals surface area contributed by atoms with Crippen molar-refractivity contribution in [3.63, 3.8) is 0 Å². The Morgan fingerprint density at radius 3 is 2.14 bits per heavy atom. The lowest BCUT2D eigenvalue weighted by Gasteiger charge is -2.34. The molecule has 0 spiro atoms. The third-order valence-corrected chi connectivity index (χ3v) is 8.48. The van der Waals surface area contributed by atoms with Gasteiger partial charge in [0.05, 0.1) is 12.2 Å². The van der Waals surface area contributed by atoms with Crippen molar-refractivity contribution in [3.8, 4) is 5.75 Å². The molecule has 0 radical (unpaired) electrons. The number of aliphatic hydroxyl groups excluding tert-OH is 2. The first-order chi connectivity index (χ1) is 17.0. The second kappa shape index (κ2) is 11.8. The number of hydrogen-bond donors (Lipinski definition) is 3. The van der Waals surface area contributed by atoms with Crippen molar-refractivity contribution < 1.29 is 24.9 Å². The summed E-state index contributed by atoms with van der Waals surface area (Å²) in [6.45, 7) is 10.9. The smallest absolute Gasteiger partial charge is 0.303 e. The van der Waals surface area contributed by atoms with E-state index in [2.05, 4.69) is 58.0 Å². The number of hydrogen-bond acceptors (Lipinski definition) is 4. The highest BCUT2D eigenvalue weighted by atomic mass is 16.5. The van der Waals surface area contributed by atoms with Gasteiger partial charge in [-0.05, 0) is 98.1 Å². The minimum atomic E-state index is -0.918. The van der Waals surface area contributed by atoms with Crippen molar-refractivity contribution >= 4 is 5.97 Å². The molecular weight excluding hydrogens is 452 g/mol. The highest BCUT2D eigenvalue weighted by molar-refractivity contribution is 5.66. The second-order valence-electron chi connectivity index (χ2n) is 11.0. The van der Waals surface area contributed by atoms with Gasteiger partial charge in [0.25, 0.3) is 0 Å². The Bertz CT molecular complexity index is 1040. The van der Waals surface area contributed by atoms with Gasteiger partial charge in [0, 0.05) is 11.8 Å². The van der Waals surface area contributed by atoms with Crippen molar-refractivity contribution in [2.45, 2.75) is 104 Å². The van der Waals surface area contributed by atoms with Crippen LogP contribution in [0.2, 0.25) is 0 Å². The summed E-state index contributed by atoms with van der Waals surface area (Å²) in [6.07, 6.45) is 4.99. The topological polar surface area (TPSA) is 87.0 Å². The van der Waals surface area contributed by atoms with Gasteiger partial charge < -0.3 is 20.1 Å². The summed E-state index contributed by atoms with van der Waals surface area (Å²) in [5, 5.41) is 29.3. The highest BCUT2D eigenvalue weighted by Crippen LogP contribution is 2.49. The lowest BCUT2D eigenvalue weighted by molar-refractivity contribution is -0.137. The summed E-state index contributed by atoms with van der Waals surface area (Å²) in [5.74, 6) is -0.206. The average Bonchev–Trinajstić information content (AvgIpc) is 3.61. The van der Waals surface area contributed by atoms with E-state index < -0.39 is 12.1 Å². The van der Waals surface area contributed by atoms with Gasteiger partial charge in [-0.25, -0.2) is 0 Å². The summed E-state index contributed by atoms with van der Waals surface area (Å²) in [7, 11) is 0. The third kappa shape index (κ3) is 6.49. The number of aryl methyl sites for hydroxylation is 3. The molecule has 0 aliphatic heterocycles.